The lowest BCUT2D eigenvalue weighted by atomic mass is 9.97. The molecule has 0 bridgehead atoms. The van der Waals surface area contributed by atoms with Crippen molar-refractivity contribution >= 4 is 17.6 Å². The number of hydrogen-bond acceptors (Lipinski definition) is 2. The van der Waals surface area contributed by atoms with Gasteiger partial charge in [-0.25, -0.2) is 9.18 Å². The van der Waals surface area contributed by atoms with Crippen LogP contribution in [0.2, 0.25) is 5.02 Å². The molecule has 1 aliphatic rings. The van der Waals surface area contributed by atoms with Crippen LogP contribution in [-0.2, 0) is 0 Å². The van der Waals surface area contributed by atoms with Gasteiger partial charge in [-0.3, -0.25) is 0 Å². The number of halogens is 2. The first-order chi connectivity index (χ1) is 9.85. The Labute approximate surface area is 128 Å². The molecule has 0 spiro atoms. The highest BCUT2D eigenvalue weighted by Crippen LogP contribution is 2.39. The SMILES string of the molecule is CC(NC(=O)NC(C)(CO)C1CC1)c1ccc(F)c(Cl)c1. The fraction of sp³-hybridized carbons (Fsp3) is 0.533. The molecular weight excluding hydrogens is 295 g/mol. The zero-order valence-corrected chi connectivity index (χ0v) is 12.9. The number of aliphatic hydroxyl groups is 1. The van der Waals surface area contributed by atoms with Crippen LogP contribution >= 0.6 is 11.6 Å². The third kappa shape index (κ3) is 3.86. The molecule has 0 saturated heterocycles. The number of amides is 2. The van der Waals surface area contributed by atoms with E-state index in [-0.39, 0.29) is 23.7 Å². The van der Waals surface area contributed by atoms with Gasteiger partial charge in [-0.05, 0) is 50.3 Å². The van der Waals surface area contributed by atoms with Gasteiger partial charge in [0.2, 0.25) is 0 Å². The lowest BCUT2D eigenvalue weighted by Gasteiger charge is -2.29. The molecular formula is C15H20ClFN2O2. The summed E-state index contributed by atoms with van der Waals surface area (Å²) in [7, 11) is 0. The van der Waals surface area contributed by atoms with Crippen molar-refractivity contribution in [2.75, 3.05) is 6.61 Å². The maximum Gasteiger partial charge on any atom is 0.315 e. The van der Waals surface area contributed by atoms with Crippen molar-refractivity contribution in [3.63, 3.8) is 0 Å². The van der Waals surface area contributed by atoms with E-state index >= 15 is 0 Å². The first kappa shape index (κ1) is 16.0. The van der Waals surface area contributed by atoms with Crippen LogP contribution < -0.4 is 10.6 Å². The fourth-order valence-corrected chi connectivity index (χ4v) is 2.54. The number of nitrogens with one attached hydrogen (secondary N) is 2. The molecule has 0 aromatic heterocycles. The summed E-state index contributed by atoms with van der Waals surface area (Å²) in [6.07, 6.45) is 2.03. The fourth-order valence-electron chi connectivity index (χ4n) is 2.35. The second-order valence-corrected chi connectivity index (χ2v) is 6.25. The van der Waals surface area contributed by atoms with E-state index in [1.807, 2.05) is 6.92 Å². The molecule has 1 aliphatic carbocycles. The summed E-state index contributed by atoms with van der Waals surface area (Å²) >= 11 is 5.74. The molecule has 2 unspecified atom stereocenters. The summed E-state index contributed by atoms with van der Waals surface area (Å²) in [5, 5.41) is 15.1. The van der Waals surface area contributed by atoms with Crippen molar-refractivity contribution in [3.05, 3.63) is 34.6 Å². The van der Waals surface area contributed by atoms with Crippen molar-refractivity contribution in [2.45, 2.75) is 38.3 Å². The van der Waals surface area contributed by atoms with Crippen LogP contribution in [0.4, 0.5) is 9.18 Å². The summed E-state index contributed by atoms with van der Waals surface area (Å²) in [6.45, 7) is 3.53. The Kier molecular flexibility index (Phi) is 4.74. The molecule has 1 aromatic rings. The van der Waals surface area contributed by atoms with Crippen LogP contribution in [0.25, 0.3) is 0 Å². The van der Waals surface area contributed by atoms with Gasteiger partial charge in [0.25, 0.3) is 0 Å². The van der Waals surface area contributed by atoms with E-state index in [4.69, 9.17) is 11.6 Å². The molecule has 6 heteroatoms. The van der Waals surface area contributed by atoms with Crippen LogP contribution in [0.3, 0.4) is 0 Å². The molecule has 3 N–H and O–H groups in total. The Morgan fingerprint density at radius 1 is 1.57 bits per heavy atom. The van der Waals surface area contributed by atoms with Gasteiger partial charge in [0.05, 0.1) is 23.2 Å². The normalized spacial score (nSPS) is 18.7. The Balaban J connectivity index is 1.96. The first-order valence-electron chi connectivity index (χ1n) is 7.00. The van der Waals surface area contributed by atoms with Gasteiger partial charge in [0.1, 0.15) is 5.82 Å². The highest BCUT2D eigenvalue weighted by molar-refractivity contribution is 6.30. The van der Waals surface area contributed by atoms with Gasteiger partial charge in [-0.15, -0.1) is 0 Å². The Morgan fingerprint density at radius 2 is 2.24 bits per heavy atom. The minimum atomic E-state index is -0.593. The van der Waals surface area contributed by atoms with Gasteiger partial charge in [-0.1, -0.05) is 17.7 Å². The van der Waals surface area contributed by atoms with Gasteiger partial charge >= 0.3 is 6.03 Å². The van der Waals surface area contributed by atoms with E-state index in [1.165, 1.54) is 12.1 Å². The summed E-state index contributed by atoms with van der Waals surface area (Å²) in [4.78, 5) is 12.0. The third-order valence-corrected chi connectivity index (χ3v) is 4.29. The second kappa shape index (κ2) is 6.20. The lowest BCUT2D eigenvalue weighted by Crippen LogP contribution is -2.54. The standard InChI is InChI=1S/C15H20ClFN2O2/c1-9(10-3-6-13(17)12(16)7-10)18-14(21)19-15(2,8-20)11-4-5-11/h3,6-7,9,11,20H,4-5,8H2,1-2H3,(H2,18,19,21). The van der Waals surface area contributed by atoms with Crippen molar-refractivity contribution in [1.82, 2.24) is 10.6 Å². The smallest absolute Gasteiger partial charge is 0.315 e. The van der Waals surface area contributed by atoms with Crippen LogP contribution in [-0.4, -0.2) is 23.3 Å². The monoisotopic (exact) mass is 314 g/mol. The van der Waals surface area contributed by atoms with E-state index in [2.05, 4.69) is 10.6 Å². The van der Waals surface area contributed by atoms with E-state index in [0.29, 0.717) is 11.5 Å². The predicted octanol–water partition coefficient (Wildman–Crippen LogP) is 3.00. The molecule has 0 radical (unpaired) electrons. The molecule has 2 atom stereocenters. The molecule has 1 aromatic carbocycles. The molecule has 0 heterocycles. The molecule has 116 valence electrons. The highest BCUT2D eigenvalue weighted by atomic mass is 35.5. The van der Waals surface area contributed by atoms with Crippen LogP contribution in [0, 0.1) is 11.7 Å². The molecule has 1 fully saturated rings. The average molecular weight is 315 g/mol. The maximum atomic E-state index is 13.1. The largest absolute Gasteiger partial charge is 0.394 e. The number of hydrogen-bond donors (Lipinski definition) is 3. The number of carbonyl (C=O) groups is 1. The number of aliphatic hydroxyl groups excluding tert-OH is 1. The van der Waals surface area contributed by atoms with Crippen molar-refractivity contribution in [1.29, 1.82) is 0 Å². The van der Waals surface area contributed by atoms with E-state index in [0.717, 1.165) is 12.8 Å². The summed E-state index contributed by atoms with van der Waals surface area (Å²) < 4.78 is 13.1. The Morgan fingerprint density at radius 3 is 2.76 bits per heavy atom. The number of urea groups is 1. The molecule has 4 nitrogen and oxygen atoms in total. The first-order valence-corrected chi connectivity index (χ1v) is 7.38. The molecule has 2 amide bonds. The van der Waals surface area contributed by atoms with Crippen molar-refractivity contribution in [2.24, 2.45) is 5.92 Å². The topological polar surface area (TPSA) is 61.4 Å². The number of carbonyl (C=O) groups excluding carboxylic acids is 1. The van der Waals surface area contributed by atoms with Crippen molar-refractivity contribution < 1.29 is 14.3 Å². The zero-order valence-electron chi connectivity index (χ0n) is 12.1. The third-order valence-electron chi connectivity index (χ3n) is 4.00. The van der Waals surface area contributed by atoms with Gasteiger partial charge in [-0.2, -0.15) is 0 Å². The number of rotatable bonds is 5. The molecule has 0 aliphatic heterocycles. The van der Waals surface area contributed by atoms with E-state index < -0.39 is 11.4 Å². The highest BCUT2D eigenvalue weighted by Gasteiger charge is 2.42. The van der Waals surface area contributed by atoms with Crippen LogP contribution in [0.1, 0.15) is 38.3 Å². The van der Waals surface area contributed by atoms with Crippen molar-refractivity contribution in [3.8, 4) is 0 Å². The van der Waals surface area contributed by atoms with Gasteiger partial charge in [0, 0.05) is 0 Å². The minimum absolute atomic E-state index is 0.0275. The summed E-state index contributed by atoms with van der Waals surface area (Å²) in [6, 6.07) is 3.68. The predicted molar refractivity (Wildman–Crippen MR) is 79.7 cm³/mol. The van der Waals surface area contributed by atoms with Crippen LogP contribution in [0.15, 0.2) is 18.2 Å². The number of benzene rings is 1. The Bertz CT molecular complexity index is 536. The lowest BCUT2D eigenvalue weighted by molar-refractivity contribution is 0.154. The van der Waals surface area contributed by atoms with Gasteiger partial charge in [0.15, 0.2) is 0 Å². The van der Waals surface area contributed by atoms with Gasteiger partial charge < -0.3 is 15.7 Å². The molecule has 21 heavy (non-hydrogen) atoms. The van der Waals surface area contributed by atoms with Crippen LogP contribution in [0.5, 0.6) is 0 Å². The summed E-state index contributed by atoms with van der Waals surface area (Å²) in [5.41, 5.74) is 0.123. The molecule has 1 saturated carbocycles. The minimum Gasteiger partial charge on any atom is -0.394 e. The maximum absolute atomic E-state index is 13.1. The molecule has 2 rings (SSSR count). The van der Waals surface area contributed by atoms with E-state index in [1.54, 1.807) is 13.0 Å². The quantitative estimate of drug-likeness (QED) is 0.782. The summed E-state index contributed by atoms with van der Waals surface area (Å²) in [5.74, 6) is -0.164. The van der Waals surface area contributed by atoms with E-state index in [9.17, 15) is 14.3 Å². The zero-order chi connectivity index (χ0) is 15.6. The Hall–Kier alpha value is -1.33. The second-order valence-electron chi connectivity index (χ2n) is 5.84. The average Bonchev–Trinajstić information content (AvgIpc) is 3.26.